The molecule has 0 heterocycles. The molecule has 0 saturated heterocycles. The Bertz CT molecular complexity index is 486. The van der Waals surface area contributed by atoms with Gasteiger partial charge in [0.05, 0.1) is 12.4 Å². The van der Waals surface area contributed by atoms with Crippen LogP contribution in [0, 0.1) is 0 Å². The van der Waals surface area contributed by atoms with Crippen molar-refractivity contribution < 1.29 is 27.2 Å². The zero-order chi connectivity index (χ0) is 18.1. The number of ether oxygens (including phenoxy) is 2. The van der Waals surface area contributed by atoms with Crippen molar-refractivity contribution in [1.29, 1.82) is 0 Å². The van der Waals surface area contributed by atoms with Crippen molar-refractivity contribution in [2.24, 2.45) is 0 Å². The fraction of sp³-hybridized carbons (Fsp3) is 0.800. The van der Waals surface area contributed by atoms with Gasteiger partial charge in [0.1, 0.15) is 0 Å². The number of nitrogens with zero attached hydrogens (tertiary/aromatic N) is 1. The zero-order valence-corrected chi connectivity index (χ0v) is 15.3. The molecule has 136 valence electrons. The molecule has 0 aromatic carbocycles. The monoisotopic (exact) mass is 351 g/mol. The standard InChI is InChI=1S/C15H29NO6S/c1-6-16(7-2)10-11-21-15(5,22-14(17)13(3)4)9-8-12-23(18,19)20/h3,6-12H2,1-2,4-5H3,(H,18,19,20). The minimum absolute atomic E-state index is 0.115. The third-order valence-corrected chi connectivity index (χ3v) is 4.20. The number of carbonyl (C=O) groups is 1. The SMILES string of the molecule is C=C(C)C(=O)OC(C)(CCCS(=O)(=O)O)OCCN(CC)CC. The molecule has 0 saturated carbocycles. The molecular weight excluding hydrogens is 322 g/mol. The Morgan fingerprint density at radius 2 is 1.87 bits per heavy atom. The Balaban J connectivity index is 4.70. The summed E-state index contributed by atoms with van der Waals surface area (Å²) >= 11 is 0. The molecular formula is C15H29NO6S. The molecule has 0 fully saturated rings. The van der Waals surface area contributed by atoms with Crippen molar-refractivity contribution in [1.82, 2.24) is 4.90 Å². The molecule has 1 N–H and O–H groups in total. The lowest BCUT2D eigenvalue weighted by molar-refractivity contribution is -0.224. The number of hydrogen-bond donors (Lipinski definition) is 1. The number of likely N-dealkylation sites (N-methyl/N-ethyl adjacent to an activating group) is 1. The molecule has 1 atom stereocenters. The van der Waals surface area contributed by atoms with E-state index in [1.54, 1.807) is 6.92 Å². The summed E-state index contributed by atoms with van der Waals surface area (Å²) in [5.74, 6) is -2.26. The van der Waals surface area contributed by atoms with Crippen molar-refractivity contribution in [3.8, 4) is 0 Å². The minimum atomic E-state index is -4.06. The Hall–Kier alpha value is -0.960. The van der Waals surface area contributed by atoms with Gasteiger partial charge in [0.15, 0.2) is 0 Å². The van der Waals surface area contributed by atoms with Crippen molar-refractivity contribution >= 4 is 16.1 Å². The molecule has 1 unspecified atom stereocenters. The molecule has 7 nitrogen and oxygen atoms in total. The summed E-state index contributed by atoms with van der Waals surface area (Å²) in [5.41, 5.74) is 0.235. The molecule has 0 aliphatic heterocycles. The van der Waals surface area contributed by atoms with Crippen LogP contribution in [-0.2, 0) is 24.4 Å². The normalized spacial score (nSPS) is 14.5. The van der Waals surface area contributed by atoms with E-state index < -0.39 is 27.6 Å². The largest absolute Gasteiger partial charge is 0.430 e. The van der Waals surface area contributed by atoms with Gasteiger partial charge in [-0.3, -0.25) is 4.55 Å². The van der Waals surface area contributed by atoms with E-state index in [0.29, 0.717) is 13.2 Å². The summed E-state index contributed by atoms with van der Waals surface area (Å²) in [6.45, 7) is 13.5. The van der Waals surface area contributed by atoms with Gasteiger partial charge in [-0.05, 0) is 26.4 Å². The predicted molar refractivity (Wildman–Crippen MR) is 88.7 cm³/mol. The van der Waals surface area contributed by atoms with Gasteiger partial charge in [-0.1, -0.05) is 20.4 Å². The first kappa shape index (κ1) is 22.0. The Morgan fingerprint density at radius 3 is 2.30 bits per heavy atom. The first-order valence-corrected chi connectivity index (χ1v) is 9.34. The van der Waals surface area contributed by atoms with E-state index in [9.17, 15) is 13.2 Å². The fourth-order valence-electron chi connectivity index (χ4n) is 1.94. The van der Waals surface area contributed by atoms with Gasteiger partial charge < -0.3 is 14.4 Å². The Morgan fingerprint density at radius 1 is 1.30 bits per heavy atom. The van der Waals surface area contributed by atoms with Gasteiger partial charge in [-0.15, -0.1) is 0 Å². The highest BCUT2D eigenvalue weighted by Crippen LogP contribution is 2.21. The molecule has 23 heavy (non-hydrogen) atoms. The quantitative estimate of drug-likeness (QED) is 0.248. The smallest absolute Gasteiger partial charge is 0.335 e. The molecule has 0 aliphatic rings. The number of hydrogen-bond acceptors (Lipinski definition) is 6. The molecule has 8 heteroatoms. The summed E-state index contributed by atoms with van der Waals surface area (Å²) < 4.78 is 41.4. The minimum Gasteiger partial charge on any atom is -0.430 e. The second kappa shape index (κ2) is 10.0. The van der Waals surface area contributed by atoms with Crippen LogP contribution in [0.1, 0.15) is 40.5 Å². The van der Waals surface area contributed by atoms with E-state index in [2.05, 4.69) is 11.5 Å². The highest BCUT2D eigenvalue weighted by atomic mass is 32.2. The summed E-state index contributed by atoms with van der Waals surface area (Å²) in [6, 6.07) is 0. The van der Waals surface area contributed by atoms with Crippen LogP contribution in [0.2, 0.25) is 0 Å². The van der Waals surface area contributed by atoms with E-state index in [-0.39, 0.29) is 18.4 Å². The third-order valence-electron chi connectivity index (χ3n) is 3.40. The van der Waals surface area contributed by atoms with Crippen LogP contribution in [0.15, 0.2) is 12.2 Å². The molecule has 0 amide bonds. The van der Waals surface area contributed by atoms with Crippen LogP contribution >= 0.6 is 0 Å². The van der Waals surface area contributed by atoms with E-state index in [1.165, 1.54) is 6.92 Å². The summed E-state index contributed by atoms with van der Waals surface area (Å²) in [6.07, 6.45) is 0.272. The summed E-state index contributed by atoms with van der Waals surface area (Å²) in [7, 11) is -4.06. The first-order chi connectivity index (χ1) is 10.5. The van der Waals surface area contributed by atoms with E-state index >= 15 is 0 Å². The van der Waals surface area contributed by atoms with Crippen molar-refractivity contribution in [2.75, 3.05) is 32.0 Å². The van der Waals surface area contributed by atoms with Crippen molar-refractivity contribution in [3.63, 3.8) is 0 Å². The van der Waals surface area contributed by atoms with Gasteiger partial charge in [-0.2, -0.15) is 8.42 Å². The molecule has 0 radical (unpaired) electrons. The zero-order valence-electron chi connectivity index (χ0n) is 14.5. The van der Waals surface area contributed by atoms with Crippen LogP contribution in [0.4, 0.5) is 0 Å². The van der Waals surface area contributed by atoms with Gasteiger partial charge in [-0.25, -0.2) is 4.79 Å². The van der Waals surface area contributed by atoms with Crippen LogP contribution in [0.3, 0.4) is 0 Å². The van der Waals surface area contributed by atoms with Crippen LogP contribution in [0.25, 0.3) is 0 Å². The van der Waals surface area contributed by atoms with E-state index in [1.807, 2.05) is 13.8 Å². The number of esters is 1. The number of carbonyl (C=O) groups excluding carboxylic acids is 1. The summed E-state index contributed by atoms with van der Waals surface area (Å²) in [5, 5.41) is 0. The topological polar surface area (TPSA) is 93.1 Å². The lowest BCUT2D eigenvalue weighted by Gasteiger charge is -2.31. The second-order valence-electron chi connectivity index (χ2n) is 5.57. The maximum absolute atomic E-state index is 11.7. The third kappa shape index (κ3) is 10.4. The first-order valence-electron chi connectivity index (χ1n) is 7.73. The lowest BCUT2D eigenvalue weighted by Crippen LogP contribution is -2.38. The van der Waals surface area contributed by atoms with Gasteiger partial charge >= 0.3 is 5.97 Å². The maximum Gasteiger partial charge on any atom is 0.335 e. The molecule has 0 spiro atoms. The maximum atomic E-state index is 11.7. The van der Waals surface area contributed by atoms with Gasteiger partial charge in [0.2, 0.25) is 5.79 Å². The van der Waals surface area contributed by atoms with Gasteiger partial charge in [0, 0.05) is 25.5 Å². The van der Waals surface area contributed by atoms with Crippen LogP contribution < -0.4 is 0 Å². The number of rotatable bonds is 12. The highest BCUT2D eigenvalue weighted by Gasteiger charge is 2.30. The highest BCUT2D eigenvalue weighted by molar-refractivity contribution is 7.85. The fourth-order valence-corrected chi connectivity index (χ4v) is 2.45. The molecule has 0 aliphatic carbocycles. The average molecular weight is 351 g/mol. The predicted octanol–water partition coefficient (Wildman–Crippen LogP) is 1.85. The van der Waals surface area contributed by atoms with Crippen molar-refractivity contribution in [2.45, 2.75) is 46.3 Å². The van der Waals surface area contributed by atoms with E-state index in [0.717, 1.165) is 13.1 Å². The lowest BCUT2D eigenvalue weighted by atomic mass is 10.1. The Labute approximate surface area is 139 Å². The molecule has 0 aromatic heterocycles. The summed E-state index contributed by atoms with van der Waals surface area (Å²) in [4.78, 5) is 13.9. The van der Waals surface area contributed by atoms with Crippen LogP contribution in [0.5, 0.6) is 0 Å². The second-order valence-corrected chi connectivity index (χ2v) is 7.14. The molecule has 0 rings (SSSR count). The molecule has 0 aromatic rings. The average Bonchev–Trinajstić information content (AvgIpc) is 2.42. The van der Waals surface area contributed by atoms with Crippen molar-refractivity contribution in [3.05, 3.63) is 12.2 Å². The van der Waals surface area contributed by atoms with E-state index in [4.69, 9.17) is 14.0 Å². The van der Waals surface area contributed by atoms with Gasteiger partial charge in [0.25, 0.3) is 10.1 Å². The Kier molecular flexibility index (Phi) is 9.60. The van der Waals surface area contributed by atoms with Crippen LogP contribution in [-0.4, -0.2) is 61.6 Å². The molecule has 0 bridgehead atoms.